The van der Waals surface area contributed by atoms with Gasteiger partial charge >= 0.3 is 12.4 Å². The van der Waals surface area contributed by atoms with Crippen molar-refractivity contribution in [2.24, 2.45) is 14.1 Å². The molecular weight excluding hydrogens is 566 g/mol. The van der Waals surface area contributed by atoms with Gasteiger partial charge in [0, 0.05) is 25.8 Å². The highest BCUT2D eigenvalue weighted by atomic mass is 19.4. The van der Waals surface area contributed by atoms with Gasteiger partial charge in [0.2, 0.25) is 11.8 Å². The van der Waals surface area contributed by atoms with E-state index in [9.17, 15) is 26.3 Å². The molecule has 0 fully saturated rings. The number of benzene rings is 2. The smallest absolute Gasteiger partial charge is 0.434 e. The summed E-state index contributed by atoms with van der Waals surface area (Å²) in [6, 6.07) is 13.0. The molecule has 0 aliphatic rings. The molecule has 0 saturated carbocycles. The third-order valence-corrected chi connectivity index (χ3v) is 6.46. The van der Waals surface area contributed by atoms with Crippen LogP contribution in [0.3, 0.4) is 0 Å². The molecule has 0 bridgehead atoms. The molecule has 3 aromatic heterocycles. The number of rotatable bonds is 8. The van der Waals surface area contributed by atoms with Crippen LogP contribution in [0.15, 0.2) is 60.9 Å². The first kappa shape index (κ1) is 28.7. The van der Waals surface area contributed by atoms with Gasteiger partial charge in [0.25, 0.3) is 0 Å². The molecule has 1 unspecified atom stereocenters. The molecule has 42 heavy (non-hydrogen) atoms. The lowest BCUT2D eigenvalue weighted by Gasteiger charge is -2.18. The van der Waals surface area contributed by atoms with Crippen molar-refractivity contribution in [3.8, 4) is 11.6 Å². The molecule has 9 nitrogen and oxygen atoms in total. The summed E-state index contributed by atoms with van der Waals surface area (Å²) in [5, 5.41) is 10.2. The summed E-state index contributed by atoms with van der Waals surface area (Å²) in [7, 11) is 3.05. The SMILES string of the molecule is CCC(Nc1nc2ccc(Nc3cc(C(F)(F)F)n(C)n3)cc2n1C)c1ccc(Oc2cnc(C(F)(F)F)cn2)cc1. The average Bonchev–Trinajstić information content (AvgIpc) is 3.46. The van der Waals surface area contributed by atoms with E-state index in [0.717, 1.165) is 28.0 Å². The number of fused-ring (bicyclic) bond motifs is 1. The molecule has 220 valence electrons. The van der Waals surface area contributed by atoms with Crippen molar-refractivity contribution in [2.45, 2.75) is 31.7 Å². The molecule has 0 radical (unpaired) electrons. The second kappa shape index (κ2) is 10.9. The molecule has 0 spiro atoms. The van der Waals surface area contributed by atoms with E-state index in [1.165, 1.54) is 7.05 Å². The lowest BCUT2D eigenvalue weighted by molar-refractivity contribution is -0.143. The molecule has 0 aliphatic carbocycles. The van der Waals surface area contributed by atoms with Gasteiger partial charge in [-0.05, 0) is 42.3 Å². The largest absolute Gasteiger partial charge is 0.438 e. The van der Waals surface area contributed by atoms with Crippen molar-refractivity contribution in [1.29, 1.82) is 0 Å². The number of imidazole rings is 1. The van der Waals surface area contributed by atoms with Crippen molar-refractivity contribution < 1.29 is 31.1 Å². The molecule has 5 rings (SSSR count). The van der Waals surface area contributed by atoms with Gasteiger partial charge in [-0.2, -0.15) is 31.4 Å². The predicted octanol–water partition coefficient (Wildman–Crippen LogP) is 7.23. The molecule has 0 saturated heterocycles. The van der Waals surface area contributed by atoms with Crippen LogP contribution in [0.4, 0.5) is 43.8 Å². The highest BCUT2D eigenvalue weighted by Gasteiger charge is 2.35. The molecule has 1 atom stereocenters. The number of halogens is 6. The van der Waals surface area contributed by atoms with Gasteiger partial charge in [0.05, 0.1) is 29.5 Å². The molecule has 15 heteroatoms. The van der Waals surface area contributed by atoms with Crippen molar-refractivity contribution >= 4 is 28.5 Å². The summed E-state index contributed by atoms with van der Waals surface area (Å²) in [4.78, 5) is 11.7. The zero-order valence-electron chi connectivity index (χ0n) is 22.4. The third kappa shape index (κ3) is 6.09. The number of hydrogen-bond donors (Lipinski definition) is 2. The van der Waals surface area contributed by atoms with Crippen molar-refractivity contribution in [1.82, 2.24) is 29.3 Å². The second-order valence-electron chi connectivity index (χ2n) is 9.37. The first-order valence-corrected chi connectivity index (χ1v) is 12.6. The van der Waals surface area contributed by atoms with Crippen molar-refractivity contribution in [2.75, 3.05) is 10.6 Å². The van der Waals surface area contributed by atoms with Crippen molar-refractivity contribution in [3.63, 3.8) is 0 Å². The number of hydrogen-bond acceptors (Lipinski definition) is 7. The van der Waals surface area contributed by atoms with Crippen LogP contribution in [0.25, 0.3) is 11.0 Å². The minimum atomic E-state index is -4.59. The highest BCUT2D eigenvalue weighted by Crippen LogP contribution is 2.33. The maximum atomic E-state index is 13.1. The van der Waals surface area contributed by atoms with Gasteiger partial charge in [0.1, 0.15) is 11.4 Å². The lowest BCUT2D eigenvalue weighted by atomic mass is 10.0. The second-order valence-corrected chi connectivity index (χ2v) is 9.37. The maximum Gasteiger partial charge on any atom is 0.434 e. The lowest BCUT2D eigenvalue weighted by Crippen LogP contribution is -2.13. The van der Waals surface area contributed by atoms with Crippen LogP contribution in [-0.2, 0) is 26.4 Å². The van der Waals surface area contributed by atoms with Crippen LogP contribution in [0, 0.1) is 0 Å². The standard InChI is InChI=1S/C27H24F6N8O/c1-4-18(15-5-8-17(9-6-15)42-24-14-34-21(13-35-24)26(28,29)30)37-25-38-19-10-7-16(11-20(19)40(25)2)36-23-12-22(27(31,32)33)41(3)39-23/h5-14,18H,4H2,1-3H3,(H,36,39)(H,37,38). The van der Waals surface area contributed by atoms with Gasteiger partial charge in [0.15, 0.2) is 11.5 Å². The number of nitrogens with zero attached hydrogens (tertiary/aromatic N) is 6. The van der Waals surface area contributed by atoms with Crippen LogP contribution in [0.5, 0.6) is 11.6 Å². The molecule has 2 aromatic carbocycles. The average molecular weight is 591 g/mol. The van der Waals surface area contributed by atoms with Crippen LogP contribution >= 0.6 is 0 Å². The van der Waals surface area contributed by atoms with Gasteiger partial charge in [-0.25, -0.2) is 15.0 Å². The van der Waals surface area contributed by atoms with Gasteiger partial charge in [-0.1, -0.05) is 19.1 Å². The normalized spacial score (nSPS) is 12.9. The summed E-state index contributed by atoms with van der Waals surface area (Å²) >= 11 is 0. The summed E-state index contributed by atoms with van der Waals surface area (Å²) in [6.45, 7) is 1.99. The summed E-state index contributed by atoms with van der Waals surface area (Å²) in [6.07, 6.45) is -6.88. The minimum Gasteiger partial charge on any atom is -0.438 e. The van der Waals surface area contributed by atoms with Gasteiger partial charge in [-0.15, -0.1) is 0 Å². The number of aromatic nitrogens is 6. The zero-order valence-corrected chi connectivity index (χ0v) is 22.4. The fourth-order valence-electron chi connectivity index (χ4n) is 4.32. The Morgan fingerprint density at radius 1 is 0.905 bits per heavy atom. The summed E-state index contributed by atoms with van der Waals surface area (Å²) < 4.78 is 85.6. The maximum absolute atomic E-state index is 13.1. The molecular formula is C27H24F6N8O. The molecule has 0 aliphatic heterocycles. The van der Waals surface area contributed by atoms with E-state index in [2.05, 4.69) is 30.7 Å². The van der Waals surface area contributed by atoms with Gasteiger partial charge < -0.3 is 19.9 Å². The van der Waals surface area contributed by atoms with Crippen molar-refractivity contribution in [3.05, 3.63) is 77.9 Å². The van der Waals surface area contributed by atoms with E-state index >= 15 is 0 Å². The van der Waals surface area contributed by atoms with E-state index < -0.39 is 23.7 Å². The predicted molar refractivity (Wildman–Crippen MR) is 142 cm³/mol. The van der Waals surface area contributed by atoms with Crippen LogP contribution in [0.1, 0.15) is 36.3 Å². The number of ether oxygens (including phenoxy) is 1. The monoisotopic (exact) mass is 590 g/mol. The van der Waals surface area contributed by atoms with Crippen LogP contribution < -0.4 is 15.4 Å². The topological polar surface area (TPSA) is 94.7 Å². The molecule has 2 N–H and O–H groups in total. The Bertz CT molecular complexity index is 1690. The van der Waals surface area contributed by atoms with Gasteiger partial charge in [-0.3, -0.25) is 4.68 Å². The Labute approximate surface area is 235 Å². The number of alkyl halides is 6. The Hall–Kier alpha value is -4.82. The van der Waals surface area contributed by atoms with E-state index in [0.29, 0.717) is 35.5 Å². The summed E-state index contributed by atoms with van der Waals surface area (Å²) in [5.74, 6) is 0.944. The van der Waals surface area contributed by atoms with E-state index in [1.807, 2.05) is 30.7 Å². The highest BCUT2D eigenvalue weighted by molar-refractivity contribution is 5.83. The molecule has 0 amide bonds. The Morgan fingerprint density at radius 3 is 2.24 bits per heavy atom. The Morgan fingerprint density at radius 2 is 1.64 bits per heavy atom. The molecule has 3 heterocycles. The van der Waals surface area contributed by atoms with Crippen LogP contribution in [-0.4, -0.2) is 29.3 Å². The number of anilines is 3. The fourth-order valence-corrected chi connectivity index (χ4v) is 4.32. The van der Waals surface area contributed by atoms with E-state index in [4.69, 9.17) is 4.74 Å². The van der Waals surface area contributed by atoms with E-state index in [-0.39, 0.29) is 17.7 Å². The summed E-state index contributed by atoms with van der Waals surface area (Å²) in [5.41, 5.74) is 0.906. The van der Waals surface area contributed by atoms with E-state index in [1.54, 1.807) is 30.3 Å². The quantitative estimate of drug-likeness (QED) is 0.184. The Kier molecular flexibility index (Phi) is 7.43. The Balaban J connectivity index is 1.29. The third-order valence-electron chi connectivity index (χ3n) is 6.46. The number of aryl methyl sites for hydroxylation is 2. The minimum absolute atomic E-state index is 0.0635. The van der Waals surface area contributed by atoms with Crippen LogP contribution in [0.2, 0.25) is 0 Å². The molecule has 5 aromatic rings. The number of nitrogens with one attached hydrogen (secondary N) is 2. The first-order valence-electron chi connectivity index (χ1n) is 12.6. The first-order chi connectivity index (χ1) is 19.8. The fraction of sp³-hybridized carbons (Fsp3) is 0.259. The zero-order chi connectivity index (χ0) is 30.2.